The van der Waals surface area contributed by atoms with Crippen molar-refractivity contribution in [3.8, 4) is 0 Å². The van der Waals surface area contributed by atoms with Crippen LogP contribution in [0.2, 0.25) is 0 Å². The second-order valence-corrected chi connectivity index (χ2v) is 9.53. The van der Waals surface area contributed by atoms with Gasteiger partial charge in [0.05, 0.1) is 12.7 Å². The Morgan fingerprint density at radius 1 is 0.972 bits per heavy atom. The van der Waals surface area contributed by atoms with Gasteiger partial charge in [0.25, 0.3) is 0 Å². The van der Waals surface area contributed by atoms with Crippen LogP contribution in [0.25, 0.3) is 0 Å². The number of nitrogen functional groups attached to an aromatic ring is 2. The Morgan fingerprint density at radius 3 is 1.92 bits per heavy atom. The molecule has 6 atom stereocenters. The molecule has 18 heteroatoms. The monoisotopic (exact) mass is 534 g/mol. The molecule has 9 N–H and O–H groups in total. The minimum atomic E-state index is -4.33. The van der Waals surface area contributed by atoms with E-state index in [0.29, 0.717) is 0 Å². The number of nitrogens with zero attached hydrogens (tertiary/aromatic N) is 4. The highest BCUT2D eigenvalue weighted by atomic mass is 31.2. The molecule has 4 heterocycles. The van der Waals surface area contributed by atoms with E-state index in [1.807, 2.05) is 0 Å². The van der Waals surface area contributed by atoms with Crippen molar-refractivity contribution in [3.63, 3.8) is 0 Å². The molecular weight excluding hydrogens is 507 g/mol. The maximum atomic E-state index is 11.6. The van der Waals surface area contributed by atoms with Gasteiger partial charge in [-0.3, -0.25) is 13.7 Å². The quantitative estimate of drug-likeness (QED) is 0.183. The first-order valence-corrected chi connectivity index (χ1v) is 12.3. The molecule has 0 bridgehead atoms. The predicted octanol–water partition coefficient (Wildman–Crippen LogP) is -2.95. The van der Waals surface area contributed by atoms with Gasteiger partial charge in [-0.05, 0) is 12.1 Å². The van der Waals surface area contributed by atoms with Gasteiger partial charge in [-0.15, -0.1) is 0 Å². The third kappa shape index (κ3) is 7.16. The average Bonchev–Trinajstić information content (AvgIpc) is 3.34. The SMILES string of the molecule is Nc1ccn([C@@H]2O[C@H](CO)C[C@@H]2O)c(=O)n1.Nc1ccn([C@@H]2O[C@H](OCP(=O)(O)O)C[C@@H]2O)c(=O)n1. The molecule has 2 fully saturated rings. The lowest BCUT2D eigenvalue weighted by Gasteiger charge is -2.17. The summed E-state index contributed by atoms with van der Waals surface area (Å²) in [5.74, 6) is 0.153. The van der Waals surface area contributed by atoms with Gasteiger partial charge in [-0.25, -0.2) is 9.59 Å². The zero-order chi connectivity index (χ0) is 26.6. The maximum Gasteiger partial charge on any atom is 0.351 e. The van der Waals surface area contributed by atoms with Crippen LogP contribution in [0.5, 0.6) is 0 Å². The van der Waals surface area contributed by atoms with Crippen molar-refractivity contribution in [1.82, 2.24) is 19.1 Å². The van der Waals surface area contributed by atoms with Crippen LogP contribution in [0.1, 0.15) is 25.3 Å². The standard InChI is InChI=1S/C9H14N3O7P.C9H13N3O4/c10-6-1-2-12(9(14)11-6)8-5(13)3-7(19-8)18-4-20(15,16)17;10-7-1-2-12(9(15)11-7)8-6(14)3-5(4-13)16-8/h1-2,5,7-8,13H,3-4H2,(H2,10,11,14)(H2,15,16,17);1-2,5-6,8,13-14H,3-4H2,(H2,10,11,15)/t5-,7-,8+;5-,6-,8+/m00/s1. The highest BCUT2D eigenvalue weighted by molar-refractivity contribution is 7.51. The number of hydrogen-bond donors (Lipinski definition) is 7. The maximum absolute atomic E-state index is 11.6. The van der Waals surface area contributed by atoms with Crippen molar-refractivity contribution >= 4 is 19.2 Å². The lowest BCUT2D eigenvalue weighted by molar-refractivity contribution is -0.147. The molecule has 0 amide bonds. The van der Waals surface area contributed by atoms with Crippen LogP contribution in [0.4, 0.5) is 11.6 Å². The molecule has 0 unspecified atom stereocenters. The van der Waals surface area contributed by atoms with Crippen molar-refractivity contribution in [2.24, 2.45) is 0 Å². The Hall–Kier alpha value is -2.73. The Morgan fingerprint density at radius 2 is 1.47 bits per heavy atom. The summed E-state index contributed by atoms with van der Waals surface area (Å²) in [5, 5.41) is 28.4. The fraction of sp³-hybridized carbons (Fsp3) is 0.556. The minimum absolute atomic E-state index is 0.0263. The molecule has 2 aromatic heterocycles. The van der Waals surface area contributed by atoms with Crippen LogP contribution in [-0.2, 0) is 18.8 Å². The lowest BCUT2D eigenvalue weighted by Crippen LogP contribution is -2.31. The molecule has 0 aromatic carbocycles. The normalized spacial score (nSPS) is 28.0. The first kappa shape index (κ1) is 27.9. The van der Waals surface area contributed by atoms with Gasteiger partial charge < -0.3 is 50.8 Å². The molecule has 0 aliphatic carbocycles. The summed E-state index contributed by atoms with van der Waals surface area (Å²) in [4.78, 5) is 47.5. The second kappa shape index (κ2) is 11.5. The average molecular weight is 534 g/mol. The van der Waals surface area contributed by atoms with E-state index in [0.717, 1.165) is 9.13 Å². The van der Waals surface area contributed by atoms with Crippen molar-refractivity contribution in [1.29, 1.82) is 0 Å². The number of anilines is 2. The lowest BCUT2D eigenvalue weighted by atomic mass is 10.2. The second-order valence-electron chi connectivity index (χ2n) is 7.94. The van der Waals surface area contributed by atoms with Crippen LogP contribution < -0.4 is 22.8 Å². The fourth-order valence-corrected chi connectivity index (χ4v) is 3.85. The Bertz CT molecular complexity index is 1200. The molecule has 0 saturated carbocycles. The van der Waals surface area contributed by atoms with Gasteiger partial charge in [0.15, 0.2) is 25.1 Å². The van der Waals surface area contributed by atoms with Gasteiger partial charge in [0.2, 0.25) is 0 Å². The van der Waals surface area contributed by atoms with E-state index in [4.69, 9.17) is 40.6 Å². The summed E-state index contributed by atoms with van der Waals surface area (Å²) in [7, 11) is -4.33. The molecular formula is C18H27N6O11P. The third-order valence-electron chi connectivity index (χ3n) is 5.10. The van der Waals surface area contributed by atoms with Gasteiger partial charge in [0.1, 0.15) is 23.8 Å². The largest absolute Gasteiger partial charge is 0.394 e. The molecule has 17 nitrogen and oxygen atoms in total. The van der Waals surface area contributed by atoms with E-state index in [9.17, 15) is 24.4 Å². The van der Waals surface area contributed by atoms with E-state index in [-0.39, 0.29) is 31.1 Å². The smallest absolute Gasteiger partial charge is 0.351 e. The topological polar surface area (TPSA) is 268 Å². The summed E-state index contributed by atoms with van der Waals surface area (Å²) >= 11 is 0. The number of aliphatic hydroxyl groups excluding tert-OH is 3. The molecule has 2 aliphatic rings. The molecule has 2 aromatic rings. The van der Waals surface area contributed by atoms with Gasteiger partial charge in [0, 0.05) is 25.2 Å². The summed E-state index contributed by atoms with van der Waals surface area (Å²) < 4.78 is 28.3. The van der Waals surface area contributed by atoms with E-state index in [1.165, 1.54) is 24.5 Å². The van der Waals surface area contributed by atoms with Crippen molar-refractivity contribution in [2.75, 3.05) is 24.4 Å². The van der Waals surface area contributed by atoms with E-state index < -0.39 is 62.4 Å². The summed E-state index contributed by atoms with van der Waals surface area (Å²) in [5.41, 5.74) is 9.41. The number of hydrogen-bond acceptors (Lipinski definition) is 13. The van der Waals surface area contributed by atoms with E-state index >= 15 is 0 Å². The number of nitrogens with two attached hydrogens (primary N) is 2. The number of rotatable bonds is 6. The summed E-state index contributed by atoms with van der Waals surface area (Å²) in [6.45, 7) is -0.190. The fourth-order valence-electron chi connectivity index (χ4n) is 3.49. The highest BCUT2D eigenvalue weighted by Crippen LogP contribution is 2.37. The molecule has 2 saturated heterocycles. The summed E-state index contributed by atoms with van der Waals surface area (Å²) in [6.07, 6.45) is -3.07. The zero-order valence-electron chi connectivity index (χ0n) is 18.7. The zero-order valence-corrected chi connectivity index (χ0v) is 19.6. The van der Waals surface area contributed by atoms with Crippen LogP contribution in [0.15, 0.2) is 34.1 Å². The van der Waals surface area contributed by atoms with Gasteiger partial charge >= 0.3 is 19.0 Å². The van der Waals surface area contributed by atoms with Gasteiger partial charge in [-0.2, -0.15) is 9.97 Å². The first-order valence-electron chi connectivity index (χ1n) is 10.5. The van der Waals surface area contributed by atoms with E-state index in [2.05, 4.69) is 9.97 Å². The van der Waals surface area contributed by atoms with Crippen LogP contribution in [-0.4, -0.2) is 81.8 Å². The van der Waals surface area contributed by atoms with Crippen LogP contribution in [0.3, 0.4) is 0 Å². The molecule has 0 radical (unpaired) electrons. The molecule has 36 heavy (non-hydrogen) atoms. The van der Waals surface area contributed by atoms with E-state index in [1.54, 1.807) is 0 Å². The Balaban J connectivity index is 0.000000205. The third-order valence-corrected chi connectivity index (χ3v) is 5.59. The summed E-state index contributed by atoms with van der Waals surface area (Å²) in [6, 6.07) is 2.81. The van der Waals surface area contributed by atoms with Crippen molar-refractivity contribution in [3.05, 3.63) is 45.5 Å². The number of aromatic nitrogens is 4. The van der Waals surface area contributed by atoms with Crippen molar-refractivity contribution < 1.29 is 43.9 Å². The number of aliphatic hydroxyl groups is 3. The Kier molecular flexibility index (Phi) is 8.93. The van der Waals surface area contributed by atoms with Gasteiger partial charge in [-0.1, -0.05) is 0 Å². The number of ether oxygens (including phenoxy) is 3. The minimum Gasteiger partial charge on any atom is -0.394 e. The Labute approximate surface area is 202 Å². The predicted molar refractivity (Wildman–Crippen MR) is 120 cm³/mol. The van der Waals surface area contributed by atoms with Crippen LogP contribution in [0, 0.1) is 0 Å². The molecule has 4 rings (SSSR count). The molecule has 200 valence electrons. The highest BCUT2D eigenvalue weighted by Gasteiger charge is 2.37. The first-order chi connectivity index (χ1) is 16.9. The van der Waals surface area contributed by atoms with Crippen LogP contribution >= 0.6 is 7.60 Å². The molecule has 2 aliphatic heterocycles. The van der Waals surface area contributed by atoms with Crippen molar-refractivity contribution in [2.45, 2.75) is 49.9 Å². The molecule has 0 spiro atoms.